The molecule has 1 heterocycles. The summed E-state index contributed by atoms with van der Waals surface area (Å²) in [4.78, 5) is 25.5. The number of aliphatic carboxylic acids is 1. The molecule has 0 aromatic carbocycles. The smallest absolute Gasteiger partial charge is 0.317 e. The maximum atomic E-state index is 12.3. The molecule has 5 heteroatoms. The van der Waals surface area contributed by atoms with Gasteiger partial charge >= 0.3 is 12.0 Å². The molecule has 2 rings (SSSR count). The molecule has 0 radical (unpaired) electrons. The van der Waals surface area contributed by atoms with Crippen molar-refractivity contribution in [2.45, 2.75) is 63.8 Å². The Bertz CT molecular complexity index is 338. The fourth-order valence-corrected chi connectivity index (χ4v) is 3.30. The van der Waals surface area contributed by atoms with Gasteiger partial charge in [0.15, 0.2) is 0 Å². The number of rotatable bonds is 2. The third kappa shape index (κ3) is 4.12. The van der Waals surface area contributed by atoms with Crippen LogP contribution in [0.25, 0.3) is 0 Å². The summed E-state index contributed by atoms with van der Waals surface area (Å²) >= 11 is 0. The van der Waals surface area contributed by atoms with Crippen LogP contribution in [-0.2, 0) is 4.79 Å². The third-order valence-corrected chi connectivity index (χ3v) is 4.54. The van der Waals surface area contributed by atoms with Crippen LogP contribution in [0.15, 0.2) is 0 Å². The first-order valence-corrected chi connectivity index (χ1v) is 7.97. The molecule has 2 fully saturated rings. The Balaban J connectivity index is 1.94. The van der Waals surface area contributed by atoms with Gasteiger partial charge in [-0.3, -0.25) is 4.79 Å². The number of nitrogens with zero attached hydrogens (tertiary/aromatic N) is 1. The predicted molar refractivity (Wildman–Crippen MR) is 76.6 cm³/mol. The fourth-order valence-electron chi connectivity index (χ4n) is 3.30. The standard InChI is InChI=1S/C15H26N2O3/c18-14(19)12-8-4-3-5-9-13(12)16-15(20)17-10-6-1-2-7-11-17/h12-13H,1-11H2,(H,16,20)(H,18,19). The Morgan fingerprint density at radius 1 is 0.900 bits per heavy atom. The number of likely N-dealkylation sites (tertiary alicyclic amines) is 1. The van der Waals surface area contributed by atoms with Crippen molar-refractivity contribution >= 4 is 12.0 Å². The summed E-state index contributed by atoms with van der Waals surface area (Å²) < 4.78 is 0. The summed E-state index contributed by atoms with van der Waals surface area (Å²) in [5.41, 5.74) is 0. The highest BCUT2D eigenvalue weighted by Crippen LogP contribution is 2.24. The van der Waals surface area contributed by atoms with Gasteiger partial charge in [0, 0.05) is 19.1 Å². The summed E-state index contributed by atoms with van der Waals surface area (Å²) in [7, 11) is 0. The van der Waals surface area contributed by atoms with Crippen molar-refractivity contribution in [3.8, 4) is 0 Å². The summed E-state index contributed by atoms with van der Waals surface area (Å²) in [5.74, 6) is -1.19. The van der Waals surface area contributed by atoms with E-state index in [0.29, 0.717) is 6.42 Å². The monoisotopic (exact) mass is 282 g/mol. The molecule has 114 valence electrons. The molecule has 2 N–H and O–H groups in total. The molecule has 1 saturated heterocycles. The molecule has 2 atom stereocenters. The lowest BCUT2D eigenvalue weighted by Gasteiger charge is -2.27. The van der Waals surface area contributed by atoms with E-state index in [2.05, 4.69) is 5.32 Å². The second-order valence-electron chi connectivity index (χ2n) is 6.04. The lowest BCUT2D eigenvalue weighted by molar-refractivity contribution is -0.142. The van der Waals surface area contributed by atoms with Gasteiger partial charge in [0.25, 0.3) is 0 Å². The minimum absolute atomic E-state index is 0.0648. The van der Waals surface area contributed by atoms with Crippen LogP contribution < -0.4 is 5.32 Å². The highest BCUT2D eigenvalue weighted by atomic mass is 16.4. The molecule has 2 unspecified atom stereocenters. The van der Waals surface area contributed by atoms with E-state index < -0.39 is 11.9 Å². The minimum atomic E-state index is -0.770. The first-order valence-electron chi connectivity index (χ1n) is 7.97. The highest BCUT2D eigenvalue weighted by molar-refractivity contribution is 5.77. The topological polar surface area (TPSA) is 69.6 Å². The maximum absolute atomic E-state index is 12.3. The SMILES string of the molecule is O=C(O)C1CCCCCC1NC(=O)N1CCCCCC1. The number of carbonyl (C=O) groups is 2. The van der Waals surface area contributed by atoms with Gasteiger partial charge in [0.05, 0.1) is 5.92 Å². The maximum Gasteiger partial charge on any atom is 0.317 e. The van der Waals surface area contributed by atoms with E-state index in [0.717, 1.165) is 51.6 Å². The van der Waals surface area contributed by atoms with Crippen LogP contribution >= 0.6 is 0 Å². The molecule has 2 amide bonds. The summed E-state index contributed by atoms with van der Waals surface area (Å²) in [5, 5.41) is 12.3. The normalized spacial score (nSPS) is 28.3. The lowest BCUT2D eigenvalue weighted by atomic mass is 9.95. The van der Waals surface area contributed by atoms with Crippen molar-refractivity contribution < 1.29 is 14.7 Å². The van der Waals surface area contributed by atoms with Crippen LogP contribution in [0.5, 0.6) is 0 Å². The van der Waals surface area contributed by atoms with Crippen molar-refractivity contribution in [3.63, 3.8) is 0 Å². The predicted octanol–water partition coefficient (Wildman–Crippen LogP) is 2.61. The number of urea groups is 1. The van der Waals surface area contributed by atoms with Crippen LogP contribution in [0.1, 0.15) is 57.8 Å². The van der Waals surface area contributed by atoms with Gasteiger partial charge in [-0.1, -0.05) is 32.1 Å². The Morgan fingerprint density at radius 2 is 1.50 bits per heavy atom. The average Bonchev–Trinajstić information content (AvgIpc) is 2.80. The molecule has 0 aromatic heterocycles. The Hall–Kier alpha value is -1.26. The number of hydrogen-bond donors (Lipinski definition) is 2. The van der Waals surface area contributed by atoms with E-state index in [9.17, 15) is 14.7 Å². The van der Waals surface area contributed by atoms with Crippen molar-refractivity contribution in [3.05, 3.63) is 0 Å². The third-order valence-electron chi connectivity index (χ3n) is 4.54. The van der Waals surface area contributed by atoms with Gasteiger partial charge in [-0.25, -0.2) is 4.79 Å². The molecule has 2 aliphatic rings. The van der Waals surface area contributed by atoms with Gasteiger partial charge < -0.3 is 15.3 Å². The van der Waals surface area contributed by atoms with E-state index in [1.54, 1.807) is 0 Å². The van der Waals surface area contributed by atoms with Crippen LogP contribution in [0.2, 0.25) is 0 Å². The number of amides is 2. The van der Waals surface area contributed by atoms with Crippen molar-refractivity contribution in [1.82, 2.24) is 10.2 Å². The second-order valence-corrected chi connectivity index (χ2v) is 6.04. The molecular weight excluding hydrogens is 256 g/mol. The summed E-state index contributed by atoms with van der Waals surface area (Å²) in [6.07, 6.45) is 8.98. The molecule has 0 spiro atoms. The van der Waals surface area contributed by atoms with Gasteiger partial charge in [-0.15, -0.1) is 0 Å². The Kier molecular flexibility index (Phi) is 5.68. The molecule has 1 aliphatic carbocycles. The number of carboxylic acid groups (broad SMARTS) is 1. The quantitative estimate of drug-likeness (QED) is 0.765. The summed E-state index contributed by atoms with van der Waals surface area (Å²) in [6.45, 7) is 1.60. The van der Waals surface area contributed by atoms with Gasteiger partial charge in [0.2, 0.25) is 0 Å². The second kappa shape index (κ2) is 7.50. The molecule has 1 aliphatic heterocycles. The van der Waals surface area contributed by atoms with Crippen molar-refractivity contribution in [2.24, 2.45) is 5.92 Å². The van der Waals surface area contributed by atoms with Crippen LogP contribution in [0, 0.1) is 5.92 Å². The zero-order chi connectivity index (χ0) is 14.4. The van der Waals surface area contributed by atoms with Gasteiger partial charge in [-0.2, -0.15) is 0 Å². The Morgan fingerprint density at radius 3 is 2.15 bits per heavy atom. The number of carbonyl (C=O) groups excluding carboxylic acids is 1. The highest BCUT2D eigenvalue weighted by Gasteiger charge is 2.31. The minimum Gasteiger partial charge on any atom is -0.481 e. The molecule has 5 nitrogen and oxygen atoms in total. The van der Waals surface area contributed by atoms with E-state index in [-0.39, 0.29) is 12.1 Å². The van der Waals surface area contributed by atoms with E-state index >= 15 is 0 Å². The zero-order valence-corrected chi connectivity index (χ0v) is 12.1. The van der Waals surface area contributed by atoms with E-state index in [1.807, 2.05) is 4.90 Å². The molecule has 0 aromatic rings. The van der Waals surface area contributed by atoms with Crippen LogP contribution in [-0.4, -0.2) is 41.1 Å². The number of carboxylic acids is 1. The van der Waals surface area contributed by atoms with Crippen LogP contribution in [0.3, 0.4) is 0 Å². The van der Waals surface area contributed by atoms with Crippen molar-refractivity contribution in [2.75, 3.05) is 13.1 Å². The first-order chi connectivity index (χ1) is 9.68. The molecule has 20 heavy (non-hydrogen) atoms. The molecular formula is C15H26N2O3. The van der Waals surface area contributed by atoms with Gasteiger partial charge in [0.1, 0.15) is 0 Å². The lowest BCUT2D eigenvalue weighted by Crippen LogP contribution is -2.49. The average molecular weight is 282 g/mol. The van der Waals surface area contributed by atoms with Gasteiger partial charge in [-0.05, 0) is 25.7 Å². The summed E-state index contributed by atoms with van der Waals surface area (Å²) in [6, 6.07) is -0.268. The largest absolute Gasteiger partial charge is 0.481 e. The van der Waals surface area contributed by atoms with E-state index in [1.165, 1.54) is 12.8 Å². The molecule has 0 bridgehead atoms. The first kappa shape index (κ1) is 15.1. The molecule has 1 saturated carbocycles. The Labute approximate surface area is 120 Å². The fraction of sp³-hybridized carbons (Fsp3) is 0.867. The zero-order valence-electron chi connectivity index (χ0n) is 12.1. The van der Waals surface area contributed by atoms with E-state index in [4.69, 9.17) is 0 Å². The number of hydrogen-bond acceptors (Lipinski definition) is 2. The van der Waals surface area contributed by atoms with Crippen molar-refractivity contribution in [1.29, 1.82) is 0 Å². The van der Waals surface area contributed by atoms with Crippen LogP contribution in [0.4, 0.5) is 4.79 Å². The number of nitrogens with one attached hydrogen (secondary N) is 1.